The van der Waals surface area contributed by atoms with Crippen LogP contribution in [-0.2, 0) is 20.0 Å². The molecule has 0 fully saturated rings. The third-order valence-corrected chi connectivity index (χ3v) is 5.47. The van der Waals surface area contributed by atoms with Gasteiger partial charge < -0.3 is 5.11 Å². The summed E-state index contributed by atoms with van der Waals surface area (Å²) < 4.78 is 50.6. The molecule has 0 bridgehead atoms. The molecule has 8 nitrogen and oxygen atoms in total. The Morgan fingerprint density at radius 2 is 2.04 bits per heavy atom. The van der Waals surface area contributed by atoms with Crippen LogP contribution < -0.4 is 9.86 Å². The predicted octanol–water partition coefficient (Wildman–Crippen LogP) is 0.925. The van der Waals surface area contributed by atoms with Crippen molar-refractivity contribution in [1.82, 2.24) is 4.72 Å². The van der Waals surface area contributed by atoms with Gasteiger partial charge in [0.15, 0.2) is 0 Å². The van der Waals surface area contributed by atoms with Gasteiger partial charge in [0, 0.05) is 24.2 Å². The molecule has 1 aromatic carbocycles. The minimum absolute atomic E-state index is 0.0501. The molecule has 1 atom stereocenters. The van der Waals surface area contributed by atoms with Gasteiger partial charge in [0.2, 0.25) is 20.0 Å². The fourth-order valence-electron chi connectivity index (χ4n) is 1.68. The Hall–Kier alpha value is -1.30. The van der Waals surface area contributed by atoms with Crippen molar-refractivity contribution in [3.05, 3.63) is 29.8 Å². The zero-order valence-electron chi connectivity index (χ0n) is 12.8. The number of aliphatic hydroxyl groups is 1. The van der Waals surface area contributed by atoms with Gasteiger partial charge in [-0.2, -0.15) is 0 Å². The number of sulfonamides is 2. The quantitative estimate of drug-likeness (QED) is 0.443. The highest BCUT2D eigenvalue weighted by Gasteiger charge is 2.28. The topological polar surface area (TPSA) is 139 Å². The van der Waals surface area contributed by atoms with Crippen molar-refractivity contribution < 1.29 is 21.9 Å². The van der Waals surface area contributed by atoms with Gasteiger partial charge in [0.1, 0.15) is 9.79 Å². The van der Waals surface area contributed by atoms with Crippen molar-refractivity contribution in [2.75, 3.05) is 6.54 Å². The largest absolute Gasteiger partial charge is 0.393 e. The molecule has 134 valence electrons. The second kappa shape index (κ2) is 8.19. The minimum atomic E-state index is -4.38. The van der Waals surface area contributed by atoms with E-state index in [-0.39, 0.29) is 23.7 Å². The fourth-order valence-corrected chi connectivity index (χ4v) is 4.48. The molecule has 0 heterocycles. The number of hydrogen-bond acceptors (Lipinski definition) is 6. The Morgan fingerprint density at radius 1 is 1.42 bits per heavy atom. The average Bonchev–Trinajstić information content (AvgIpc) is 2.43. The van der Waals surface area contributed by atoms with Crippen molar-refractivity contribution in [2.24, 2.45) is 10.1 Å². The lowest BCUT2D eigenvalue weighted by molar-refractivity contribution is 0.204. The average molecular weight is 396 g/mol. The zero-order chi connectivity index (χ0) is 18.5. The number of nitrogens with zero attached hydrogens (tertiary/aromatic N) is 1. The van der Waals surface area contributed by atoms with Crippen LogP contribution in [0.3, 0.4) is 0 Å². The van der Waals surface area contributed by atoms with Crippen LogP contribution in [0.25, 0.3) is 0 Å². The van der Waals surface area contributed by atoms with Crippen molar-refractivity contribution in [3.63, 3.8) is 0 Å². The molecular weight excluding hydrogens is 378 g/mol. The molecule has 1 unspecified atom stereocenters. The highest BCUT2D eigenvalue weighted by atomic mass is 35.5. The number of aliphatic hydroxyl groups excluding tert-OH is 1. The van der Waals surface area contributed by atoms with Crippen LogP contribution in [0.5, 0.6) is 0 Å². The lowest BCUT2D eigenvalue weighted by Crippen LogP contribution is -2.27. The zero-order valence-corrected chi connectivity index (χ0v) is 15.2. The molecule has 0 saturated heterocycles. The van der Waals surface area contributed by atoms with Gasteiger partial charge in [-0.05, 0) is 19.1 Å². The maximum atomic E-state index is 12.4. The molecule has 11 heteroatoms. The van der Waals surface area contributed by atoms with Crippen molar-refractivity contribution >= 4 is 43.5 Å². The highest BCUT2D eigenvalue weighted by Crippen LogP contribution is 2.34. The summed E-state index contributed by atoms with van der Waals surface area (Å²) in [7, 11) is -8.63. The fraction of sp³-hybridized carbons (Fsp3) is 0.308. The van der Waals surface area contributed by atoms with Gasteiger partial charge in [0.25, 0.3) is 0 Å². The summed E-state index contributed by atoms with van der Waals surface area (Å²) in [6, 6.07) is 2.13. The van der Waals surface area contributed by atoms with E-state index in [1.54, 1.807) is 0 Å². The van der Waals surface area contributed by atoms with E-state index in [0.717, 1.165) is 6.07 Å². The second-order valence-electron chi connectivity index (χ2n) is 4.83. The monoisotopic (exact) mass is 395 g/mol. The van der Waals surface area contributed by atoms with Crippen molar-refractivity contribution in [3.8, 4) is 0 Å². The smallest absolute Gasteiger partial charge is 0.244 e. The molecule has 0 saturated carbocycles. The van der Waals surface area contributed by atoms with Gasteiger partial charge in [-0.15, -0.1) is 6.58 Å². The van der Waals surface area contributed by atoms with Crippen LogP contribution in [0.15, 0.2) is 39.6 Å². The molecule has 0 radical (unpaired) electrons. The lowest BCUT2D eigenvalue weighted by atomic mass is 10.3. The number of benzene rings is 1. The molecule has 0 spiro atoms. The summed E-state index contributed by atoms with van der Waals surface area (Å²) in [6.45, 7) is 4.78. The van der Waals surface area contributed by atoms with Gasteiger partial charge in [-0.3, -0.25) is 4.99 Å². The number of primary sulfonamides is 1. The second-order valence-corrected chi connectivity index (χ2v) is 8.50. The molecule has 0 aliphatic heterocycles. The lowest BCUT2D eigenvalue weighted by Gasteiger charge is -2.13. The van der Waals surface area contributed by atoms with E-state index >= 15 is 0 Å². The van der Waals surface area contributed by atoms with E-state index < -0.39 is 35.9 Å². The van der Waals surface area contributed by atoms with Crippen LogP contribution in [0.2, 0.25) is 5.02 Å². The Labute approximate surface area is 146 Å². The number of hydrogen-bond donors (Lipinski definition) is 3. The summed E-state index contributed by atoms with van der Waals surface area (Å²) in [5.74, 6) is 0. The van der Waals surface area contributed by atoms with Crippen LogP contribution in [0, 0.1) is 0 Å². The first-order valence-corrected chi connectivity index (χ1v) is 10.1. The van der Waals surface area contributed by atoms with E-state index in [1.807, 2.05) is 0 Å². The number of halogens is 1. The predicted molar refractivity (Wildman–Crippen MR) is 92.7 cm³/mol. The first-order chi connectivity index (χ1) is 11.0. The van der Waals surface area contributed by atoms with Crippen molar-refractivity contribution in [2.45, 2.75) is 29.2 Å². The van der Waals surface area contributed by atoms with Crippen molar-refractivity contribution in [1.29, 1.82) is 0 Å². The highest BCUT2D eigenvalue weighted by molar-refractivity contribution is 7.92. The summed E-state index contributed by atoms with van der Waals surface area (Å²) in [5, 5.41) is 14.3. The molecule has 0 amide bonds. The number of nitrogens with one attached hydrogen (secondary N) is 1. The molecule has 24 heavy (non-hydrogen) atoms. The Bertz CT molecular complexity index is 849. The van der Waals surface area contributed by atoms with Gasteiger partial charge >= 0.3 is 0 Å². The van der Waals surface area contributed by atoms with E-state index in [1.165, 1.54) is 25.3 Å². The van der Waals surface area contributed by atoms with Gasteiger partial charge in [0.05, 0.1) is 11.8 Å². The molecule has 0 aromatic heterocycles. The van der Waals surface area contributed by atoms with Gasteiger partial charge in [-0.25, -0.2) is 26.7 Å². The van der Waals surface area contributed by atoms with Crippen LogP contribution in [-0.4, -0.2) is 40.8 Å². The Kier molecular flexibility index (Phi) is 7.08. The van der Waals surface area contributed by atoms with Crippen LogP contribution in [0.4, 0.5) is 5.69 Å². The number of aliphatic imine (C=N–C) groups is 1. The SMILES string of the molecule is C=CCNS(=O)(=O)c1c(N=CCC(C)O)cc(Cl)cc1S(N)(=O)=O. The molecule has 1 rings (SSSR count). The molecule has 4 N–H and O–H groups in total. The van der Waals surface area contributed by atoms with E-state index in [4.69, 9.17) is 16.7 Å². The van der Waals surface area contributed by atoms with E-state index in [2.05, 4.69) is 16.3 Å². The molecule has 0 aliphatic carbocycles. The summed E-state index contributed by atoms with van der Waals surface area (Å²) in [5.41, 5.74) is -0.205. The maximum absolute atomic E-state index is 12.4. The molecular formula is C13H18ClN3O5S2. The van der Waals surface area contributed by atoms with E-state index in [9.17, 15) is 21.9 Å². The number of rotatable bonds is 8. The first kappa shape index (κ1) is 20.7. The summed E-state index contributed by atoms with van der Waals surface area (Å²) in [6.07, 6.45) is 1.98. The van der Waals surface area contributed by atoms with E-state index in [0.29, 0.717) is 0 Å². The van der Waals surface area contributed by atoms with Gasteiger partial charge in [-0.1, -0.05) is 17.7 Å². The number of nitrogens with two attached hydrogens (primary N) is 1. The minimum Gasteiger partial charge on any atom is -0.393 e. The normalized spacial score (nSPS) is 14.0. The third-order valence-electron chi connectivity index (χ3n) is 2.67. The first-order valence-electron chi connectivity index (χ1n) is 6.66. The summed E-state index contributed by atoms with van der Waals surface area (Å²) >= 11 is 5.85. The van der Waals surface area contributed by atoms with Crippen LogP contribution in [0.1, 0.15) is 13.3 Å². The molecule has 1 aromatic rings. The summed E-state index contributed by atoms with van der Waals surface area (Å²) in [4.78, 5) is 2.64. The maximum Gasteiger partial charge on any atom is 0.244 e. The molecule has 0 aliphatic rings. The van der Waals surface area contributed by atoms with Crippen LogP contribution >= 0.6 is 11.6 Å². The Balaban J connectivity index is 3.66. The third kappa shape index (κ3) is 5.65. The standard InChI is InChI=1S/C13H18ClN3O5S2/c1-3-5-17-24(21,22)13-11(16-6-4-9(2)18)7-10(14)8-12(13)23(15,19)20/h3,6-9,17-18H,1,4-5H2,2H3,(H2,15,19,20). The Morgan fingerprint density at radius 3 is 2.54 bits per heavy atom.